The van der Waals surface area contributed by atoms with Crippen molar-refractivity contribution in [3.63, 3.8) is 0 Å². The van der Waals surface area contributed by atoms with Crippen LogP contribution in [0.5, 0.6) is 5.75 Å². The highest BCUT2D eigenvalue weighted by atomic mass is 16.6. The fourth-order valence-electron chi connectivity index (χ4n) is 2.85. The molecule has 34 heavy (non-hydrogen) atoms. The third-order valence-electron chi connectivity index (χ3n) is 4.50. The molecule has 0 atom stereocenters. The summed E-state index contributed by atoms with van der Waals surface area (Å²) >= 11 is 0. The van der Waals surface area contributed by atoms with Crippen molar-refractivity contribution in [3.8, 4) is 5.75 Å². The Labute approximate surface area is 191 Å². The molecule has 0 aliphatic heterocycles. The average Bonchev–Trinajstić information content (AvgIpc) is 2.83. The SMILES string of the molecule is O=C(NO)c1cccc(NC(=O)c2ccc(OC(=O)c3cc(B(O)O)cc([N+](=O)[O-])c3)cc2)c1. The topological polar surface area (TPSA) is 188 Å². The predicted molar refractivity (Wildman–Crippen MR) is 118 cm³/mol. The number of esters is 1. The van der Waals surface area contributed by atoms with E-state index in [2.05, 4.69) is 5.32 Å². The maximum Gasteiger partial charge on any atom is 0.488 e. The number of ether oxygens (including phenoxy) is 1. The quantitative estimate of drug-likeness (QED) is 0.0842. The molecule has 0 fully saturated rings. The second kappa shape index (κ2) is 10.4. The lowest BCUT2D eigenvalue weighted by Gasteiger charge is -2.09. The van der Waals surface area contributed by atoms with Gasteiger partial charge in [-0.1, -0.05) is 6.07 Å². The van der Waals surface area contributed by atoms with Crippen LogP contribution in [0.3, 0.4) is 0 Å². The van der Waals surface area contributed by atoms with Crippen molar-refractivity contribution in [2.24, 2.45) is 0 Å². The molecule has 0 aliphatic rings. The van der Waals surface area contributed by atoms with Crippen molar-refractivity contribution < 1.29 is 39.3 Å². The van der Waals surface area contributed by atoms with Crippen LogP contribution in [0.25, 0.3) is 0 Å². The first kappa shape index (κ1) is 24.1. The Morgan fingerprint density at radius 2 is 1.59 bits per heavy atom. The van der Waals surface area contributed by atoms with Gasteiger partial charge in [0.1, 0.15) is 5.75 Å². The first-order chi connectivity index (χ1) is 16.2. The number of carbonyl (C=O) groups is 3. The number of nitrogens with zero attached hydrogens (tertiary/aromatic N) is 1. The number of hydroxylamine groups is 1. The van der Waals surface area contributed by atoms with Gasteiger partial charge in [-0.2, -0.15) is 0 Å². The summed E-state index contributed by atoms with van der Waals surface area (Å²) in [6.07, 6.45) is 0. The molecule has 12 nitrogen and oxygen atoms in total. The van der Waals surface area contributed by atoms with Gasteiger partial charge in [-0.3, -0.25) is 24.9 Å². The highest BCUT2D eigenvalue weighted by molar-refractivity contribution is 6.58. The van der Waals surface area contributed by atoms with Gasteiger partial charge in [0.05, 0.1) is 10.5 Å². The van der Waals surface area contributed by atoms with E-state index in [4.69, 9.17) is 9.94 Å². The number of non-ortho nitro benzene ring substituents is 1. The number of hydrogen-bond acceptors (Lipinski definition) is 9. The Morgan fingerprint density at radius 3 is 2.21 bits per heavy atom. The molecule has 13 heteroatoms. The maximum atomic E-state index is 12.4. The van der Waals surface area contributed by atoms with E-state index in [0.717, 1.165) is 18.2 Å². The Hall–Kier alpha value is -4.59. The summed E-state index contributed by atoms with van der Waals surface area (Å²) in [5.41, 5.74) is 1.06. The monoisotopic (exact) mass is 465 g/mol. The molecule has 0 spiro atoms. The first-order valence-electron chi connectivity index (χ1n) is 9.51. The van der Waals surface area contributed by atoms with E-state index in [9.17, 15) is 34.5 Å². The van der Waals surface area contributed by atoms with Gasteiger partial charge in [0, 0.05) is 28.9 Å². The number of anilines is 1. The Balaban J connectivity index is 1.71. The van der Waals surface area contributed by atoms with Crippen molar-refractivity contribution in [1.82, 2.24) is 5.48 Å². The van der Waals surface area contributed by atoms with Crippen LogP contribution in [-0.4, -0.2) is 45.1 Å². The standard InChI is InChI=1S/C21H16BN3O9/c26-19(23-16-3-1-2-13(9-16)20(27)24-31)12-4-6-18(7-5-12)34-21(28)14-8-15(22(29)30)11-17(10-14)25(32)33/h1-11,29-31H,(H,23,26)(H,24,27). The zero-order chi connectivity index (χ0) is 24.8. The second-order valence-corrected chi connectivity index (χ2v) is 6.83. The molecule has 0 saturated heterocycles. The summed E-state index contributed by atoms with van der Waals surface area (Å²) in [5.74, 6) is -2.23. The predicted octanol–water partition coefficient (Wildman–Crippen LogP) is 0.865. The number of amides is 2. The molecule has 3 rings (SSSR count). The van der Waals surface area contributed by atoms with Crippen molar-refractivity contribution in [1.29, 1.82) is 0 Å². The van der Waals surface area contributed by atoms with Crippen LogP contribution < -0.4 is 21.0 Å². The minimum absolute atomic E-state index is 0.0285. The van der Waals surface area contributed by atoms with Crippen LogP contribution in [0.15, 0.2) is 66.7 Å². The number of carbonyl (C=O) groups excluding carboxylic acids is 3. The van der Waals surface area contributed by atoms with Gasteiger partial charge in [0.15, 0.2) is 0 Å². The van der Waals surface area contributed by atoms with Crippen LogP contribution in [0.2, 0.25) is 0 Å². The molecular formula is C21H16BN3O9. The summed E-state index contributed by atoms with van der Waals surface area (Å²) in [5, 5.41) is 40.9. The molecule has 0 radical (unpaired) electrons. The van der Waals surface area contributed by atoms with E-state index in [0.29, 0.717) is 5.69 Å². The number of nitro benzene ring substituents is 1. The van der Waals surface area contributed by atoms with Gasteiger partial charge in [0.25, 0.3) is 17.5 Å². The van der Waals surface area contributed by atoms with Crippen LogP contribution >= 0.6 is 0 Å². The molecule has 0 bridgehead atoms. The van der Waals surface area contributed by atoms with Crippen LogP contribution in [0, 0.1) is 10.1 Å². The molecular weight excluding hydrogens is 449 g/mol. The number of rotatable bonds is 7. The lowest BCUT2D eigenvalue weighted by molar-refractivity contribution is -0.384. The minimum Gasteiger partial charge on any atom is -0.423 e. The smallest absolute Gasteiger partial charge is 0.423 e. The number of hydrogen-bond donors (Lipinski definition) is 5. The summed E-state index contributed by atoms with van der Waals surface area (Å²) < 4.78 is 5.15. The minimum atomic E-state index is -2.03. The number of benzene rings is 3. The highest BCUT2D eigenvalue weighted by Gasteiger charge is 2.21. The second-order valence-electron chi connectivity index (χ2n) is 6.83. The molecule has 0 aromatic heterocycles. The normalized spacial score (nSPS) is 10.2. The van der Waals surface area contributed by atoms with Crippen LogP contribution in [0.1, 0.15) is 31.1 Å². The maximum absolute atomic E-state index is 12.4. The number of nitro groups is 1. The van der Waals surface area contributed by atoms with E-state index in [-0.39, 0.29) is 27.9 Å². The molecule has 5 N–H and O–H groups in total. The van der Waals surface area contributed by atoms with Gasteiger partial charge >= 0.3 is 13.1 Å². The average molecular weight is 465 g/mol. The molecule has 0 saturated carbocycles. The van der Waals surface area contributed by atoms with Crippen molar-refractivity contribution in [2.45, 2.75) is 0 Å². The molecule has 2 amide bonds. The summed E-state index contributed by atoms with van der Waals surface area (Å²) in [7, 11) is -2.03. The van der Waals surface area contributed by atoms with Gasteiger partial charge in [-0.15, -0.1) is 0 Å². The van der Waals surface area contributed by atoms with Gasteiger partial charge in [-0.05, 0) is 54.0 Å². The van der Waals surface area contributed by atoms with Crippen molar-refractivity contribution in [2.75, 3.05) is 5.32 Å². The molecule has 3 aromatic rings. The first-order valence-corrected chi connectivity index (χ1v) is 9.51. The van der Waals surface area contributed by atoms with Crippen LogP contribution in [0.4, 0.5) is 11.4 Å². The highest BCUT2D eigenvalue weighted by Crippen LogP contribution is 2.18. The summed E-state index contributed by atoms with van der Waals surface area (Å²) in [6, 6.07) is 14.1. The van der Waals surface area contributed by atoms with Crippen molar-refractivity contribution in [3.05, 3.63) is 93.5 Å². The van der Waals surface area contributed by atoms with E-state index < -0.39 is 35.5 Å². The Bertz CT molecular complexity index is 1260. The van der Waals surface area contributed by atoms with E-state index in [1.165, 1.54) is 47.9 Å². The van der Waals surface area contributed by atoms with E-state index in [1.807, 2.05) is 0 Å². The molecule has 172 valence electrons. The fourth-order valence-corrected chi connectivity index (χ4v) is 2.85. The summed E-state index contributed by atoms with van der Waals surface area (Å²) in [4.78, 5) is 46.6. The third kappa shape index (κ3) is 5.80. The molecule has 0 heterocycles. The zero-order valence-corrected chi connectivity index (χ0v) is 17.2. The Kier molecular flexibility index (Phi) is 7.33. The Morgan fingerprint density at radius 1 is 0.882 bits per heavy atom. The lowest BCUT2D eigenvalue weighted by atomic mass is 9.79. The van der Waals surface area contributed by atoms with Gasteiger partial charge in [-0.25, -0.2) is 10.3 Å². The molecule has 3 aromatic carbocycles. The van der Waals surface area contributed by atoms with Crippen LogP contribution in [-0.2, 0) is 0 Å². The van der Waals surface area contributed by atoms with E-state index >= 15 is 0 Å². The zero-order valence-electron chi connectivity index (χ0n) is 17.2. The third-order valence-corrected chi connectivity index (χ3v) is 4.50. The van der Waals surface area contributed by atoms with E-state index in [1.54, 1.807) is 6.07 Å². The fraction of sp³-hybridized carbons (Fsp3) is 0. The summed E-state index contributed by atoms with van der Waals surface area (Å²) in [6.45, 7) is 0. The molecule has 0 unspecified atom stereocenters. The largest absolute Gasteiger partial charge is 0.488 e. The van der Waals surface area contributed by atoms with Crippen molar-refractivity contribution >= 4 is 41.7 Å². The van der Waals surface area contributed by atoms with Gasteiger partial charge in [0.2, 0.25) is 0 Å². The lowest BCUT2D eigenvalue weighted by Crippen LogP contribution is -2.31. The van der Waals surface area contributed by atoms with Gasteiger partial charge < -0.3 is 20.1 Å². The molecule has 0 aliphatic carbocycles. The number of nitrogens with one attached hydrogen (secondary N) is 2.